The number of anilines is 2. The molecule has 0 amide bonds. The zero-order valence-corrected chi connectivity index (χ0v) is 15.0. The van der Waals surface area contributed by atoms with Crippen molar-refractivity contribution in [2.24, 2.45) is 0 Å². The molecule has 0 saturated carbocycles. The van der Waals surface area contributed by atoms with Gasteiger partial charge < -0.3 is 20.4 Å². The molecule has 3 aromatic rings. The number of ether oxygens (including phenoxy) is 1. The van der Waals surface area contributed by atoms with Crippen molar-refractivity contribution < 1.29 is 25.1 Å². The van der Waals surface area contributed by atoms with Crippen LogP contribution in [0.2, 0.25) is 0 Å². The van der Waals surface area contributed by atoms with Crippen LogP contribution >= 0.6 is 0 Å². The smallest absolute Gasteiger partial charge is 0.260 e. The maximum Gasteiger partial charge on any atom is 0.260 e. The number of aryl methyl sites for hydroxylation is 1. The summed E-state index contributed by atoms with van der Waals surface area (Å²) in [7, 11) is 1.54. The maximum atomic E-state index is 12.9. The van der Waals surface area contributed by atoms with E-state index in [1.165, 1.54) is 18.2 Å². The van der Waals surface area contributed by atoms with Crippen LogP contribution < -0.4 is 26.4 Å². The Morgan fingerprint density at radius 1 is 1.21 bits per heavy atom. The van der Waals surface area contributed by atoms with Crippen molar-refractivity contribution in [1.29, 1.82) is 0 Å². The molecule has 28 heavy (non-hydrogen) atoms. The first-order valence-electron chi connectivity index (χ1n) is 8.31. The topological polar surface area (TPSA) is 141 Å². The minimum absolute atomic E-state index is 0.0235. The number of carbonyl (C=O) groups is 1. The molecule has 9 heteroatoms. The first-order chi connectivity index (χ1) is 13.3. The number of hydrogen-bond acceptors (Lipinski definition) is 8. The van der Waals surface area contributed by atoms with Gasteiger partial charge in [0.2, 0.25) is 0 Å². The van der Waals surface area contributed by atoms with Gasteiger partial charge in [-0.25, -0.2) is 0 Å². The number of carboxylic acids is 1. The fourth-order valence-corrected chi connectivity index (χ4v) is 3.08. The average molecular weight is 384 g/mol. The molecule has 0 bridgehead atoms. The number of carbonyl (C=O) groups excluding carboxylic acids is 1. The van der Waals surface area contributed by atoms with E-state index in [1.54, 1.807) is 25.3 Å². The molecule has 0 radical (unpaired) electrons. The SMILES string of the molecule is COc1cccc(CCn2c(N)c(C(=O)[O-])c3ccc(N(O)O)cc3c2=O)c1. The monoisotopic (exact) mass is 384 g/mol. The molecule has 0 spiro atoms. The fraction of sp³-hybridized carbons (Fsp3) is 0.158. The van der Waals surface area contributed by atoms with Gasteiger partial charge >= 0.3 is 0 Å². The summed E-state index contributed by atoms with van der Waals surface area (Å²) in [6.07, 6.45) is 0.394. The van der Waals surface area contributed by atoms with E-state index in [0.717, 1.165) is 10.1 Å². The summed E-state index contributed by atoms with van der Waals surface area (Å²) in [6.45, 7) is 0.111. The molecule has 0 aliphatic heterocycles. The Kier molecular flexibility index (Phi) is 5.21. The summed E-state index contributed by atoms with van der Waals surface area (Å²) in [6, 6.07) is 10.9. The Balaban J connectivity index is 2.12. The van der Waals surface area contributed by atoms with Crippen molar-refractivity contribution in [3.63, 3.8) is 0 Å². The van der Waals surface area contributed by atoms with E-state index in [1.807, 2.05) is 6.07 Å². The molecule has 9 nitrogen and oxygen atoms in total. The van der Waals surface area contributed by atoms with Crippen LogP contribution in [0, 0.1) is 0 Å². The molecule has 4 N–H and O–H groups in total. The van der Waals surface area contributed by atoms with Crippen molar-refractivity contribution >= 4 is 28.2 Å². The standard InChI is InChI=1S/C19H19N3O6/c1-28-13-4-2-3-11(9-13)7-8-21-17(20)16(19(24)25)14-6-5-12(22(26)27)10-15(14)18(21)23/h2-6,9-10,26-27H,7-8,20H2,1H3,(H,24,25)/p-1. The van der Waals surface area contributed by atoms with Gasteiger partial charge in [0.05, 0.1) is 24.2 Å². The summed E-state index contributed by atoms with van der Waals surface area (Å²) in [4.78, 5) is 24.6. The molecule has 146 valence electrons. The van der Waals surface area contributed by atoms with Gasteiger partial charge in [-0.2, -0.15) is 0 Å². The van der Waals surface area contributed by atoms with Crippen LogP contribution in [0.4, 0.5) is 11.5 Å². The zero-order valence-electron chi connectivity index (χ0n) is 15.0. The van der Waals surface area contributed by atoms with Crippen molar-refractivity contribution in [1.82, 2.24) is 4.57 Å². The Morgan fingerprint density at radius 2 is 1.96 bits per heavy atom. The number of rotatable bonds is 6. The third kappa shape index (κ3) is 3.48. The van der Waals surface area contributed by atoms with Crippen LogP contribution in [-0.2, 0) is 13.0 Å². The lowest BCUT2D eigenvalue weighted by molar-refractivity contribution is -0.254. The van der Waals surface area contributed by atoms with E-state index in [0.29, 0.717) is 12.2 Å². The number of fused-ring (bicyclic) bond motifs is 1. The van der Waals surface area contributed by atoms with Crippen LogP contribution in [0.1, 0.15) is 15.9 Å². The minimum Gasteiger partial charge on any atom is -0.545 e. The molecule has 0 aliphatic carbocycles. The van der Waals surface area contributed by atoms with Crippen LogP contribution in [0.5, 0.6) is 5.75 Å². The van der Waals surface area contributed by atoms with Crippen LogP contribution in [-0.4, -0.2) is 28.1 Å². The predicted octanol–water partition coefficient (Wildman–Crippen LogP) is 0.783. The number of benzene rings is 2. The van der Waals surface area contributed by atoms with E-state index in [4.69, 9.17) is 10.5 Å². The van der Waals surface area contributed by atoms with Crippen molar-refractivity contribution in [2.45, 2.75) is 13.0 Å². The quantitative estimate of drug-likeness (QED) is 0.530. The molecule has 0 atom stereocenters. The molecule has 0 unspecified atom stereocenters. The fourth-order valence-electron chi connectivity index (χ4n) is 3.08. The highest BCUT2D eigenvalue weighted by molar-refractivity contribution is 6.07. The van der Waals surface area contributed by atoms with Crippen molar-refractivity contribution in [3.8, 4) is 5.75 Å². The van der Waals surface area contributed by atoms with Gasteiger partial charge in [0.25, 0.3) is 5.56 Å². The highest BCUT2D eigenvalue weighted by Gasteiger charge is 2.17. The van der Waals surface area contributed by atoms with E-state index in [-0.39, 0.29) is 39.6 Å². The Morgan fingerprint density at radius 3 is 2.61 bits per heavy atom. The number of aromatic carboxylic acids is 1. The number of methoxy groups -OCH3 is 1. The van der Waals surface area contributed by atoms with E-state index >= 15 is 0 Å². The second kappa shape index (κ2) is 7.59. The zero-order chi connectivity index (χ0) is 20.4. The molecule has 0 saturated heterocycles. The summed E-state index contributed by atoms with van der Waals surface area (Å²) in [5.74, 6) is -1.10. The van der Waals surface area contributed by atoms with Crippen LogP contribution in [0.25, 0.3) is 10.8 Å². The van der Waals surface area contributed by atoms with Gasteiger partial charge in [0.15, 0.2) is 0 Å². The maximum absolute atomic E-state index is 12.9. The number of hydrogen-bond donors (Lipinski definition) is 3. The first kappa shape index (κ1) is 19.2. The number of nitrogen functional groups attached to an aromatic ring is 1. The average Bonchev–Trinajstić information content (AvgIpc) is 2.67. The van der Waals surface area contributed by atoms with E-state index < -0.39 is 11.5 Å². The lowest BCUT2D eigenvalue weighted by atomic mass is 10.0. The molecule has 0 aliphatic rings. The normalized spacial score (nSPS) is 10.8. The lowest BCUT2D eigenvalue weighted by Crippen LogP contribution is -2.31. The van der Waals surface area contributed by atoms with Gasteiger partial charge in [-0.3, -0.25) is 19.8 Å². The minimum atomic E-state index is -1.53. The third-order valence-corrected chi connectivity index (χ3v) is 4.49. The highest BCUT2D eigenvalue weighted by Crippen LogP contribution is 2.25. The third-order valence-electron chi connectivity index (χ3n) is 4.49. The first-order valence-corrected chi connectivity index (χ1v) is 8.31. The predicted molar refractivity (Wildman–Crippen MR) is 99.7 cm³/mol. The second-order valence-corrected chi connectivity index (χ2v) is 6.13. The molecule has 1 aromatic heterocycles. The van der Waals surface area contributed by atoms with Crippen molar-refractivity contribution in [3.05, 3.63) is 63.9 Å². The number of carboxylic acid groups (broad SMARTS) is 1. The summed E-state index contributed by atoms with van der Waals surface area (Å²) in [5, 5.41) is 29.9. The second-order valence-electron chi connectivity index (χ2n) is 6.13. The molecule has 1 heterocycles. The molecule has 0 fully saturated rings. The number of pyridine rings is 1. The molecular weight excluding hydrogens is 366 g/mol. The van der Waals surface area contributed by atoms with E-state index in [2.05, 4.69) is 0 Å². The van der Waals surface area contributed by atoms with Gasteiger partial charge in [0, 0.05) is 17.5 Å². The summed E-state index contributed by atoms with van der Waals surface area (Å²) < 4.78 is 6.30. The highest BCUT2D eigenvalue weighted by atomic mass is 16.8. The van der Waals surface area contributed by atoms with Crippen molar-refractivity contribution in [2.75, 3.05) is 18.1 Å². The van der Waals surface area contributed by atoms with E-state index in [9.17, 15) is 25.1 Å². The van der Waals surface area contributed by atoms with Gasteiger partial charge in [-0.15, -0.1) is 5.23 Å². The van der Waals surface area contributed by atoms with Gasteiger partial charge in [0.1, 0.15) is 11.6 Å². The van der Waals surface area contributed by atoms with Crippen LogP contribution in [0.3, 0.4) is 0 Å². The number of nitrogens with zero attached hydrogens (tertiary/aromatic N) is 2. The molecular formula is C19H18N3O6-. The van der Waals surface area contributed by atoms with Gasteiger partial charge in [-0.05, 0) is 36.2 Å². The molecule has 2 aromatic carbocycles. The summed E-state index contributed by atoms with van der Waals surface area (Å²) >= 11 is 0. The number of aromatic nitrogens is 1. The van der Waals surface area contributed by atoms with Crippen LogP contribution in [0.15, 0.2) is 47.3 Å². The Hall–Kier alpha value is -3.56. The largest absolute Gasteiger partial charge is 0.545 e. The van der Waals surface area contributed by atoms with Gasteiger partial charge in [-0.1, -0.05) is 18.2 Å². The summed E-state index contributed by atoms with van der Waals surface area (Å²) in [5.41, 5.74) is 5.87. The number of nitrogens with two attached hydrogens (primary N) is 1. The lowest BCUT2D eigenvalue weighted by Gasteiger charge is -2.18. The Labute approximate surface area is 159 Å². The Bertz CT molecular complexity index is 1110. The molecule has 3 rings (SSSR count).